The smallest absolute Gasteiger partial charge is 0.266 e. The molecule has 2 atom stereocenters. The summed E-state index contributed by atoms with van der Waals surface area (Å²) < 4.78 is 12.1. The first-order valence-corrected chi connectivity index (χ1v) is 11.3. The minimum absolute atomic E-state index is 0.0182. The molecule has 7 nitrogen and oxygen atoms in total. The number of thioether (sulfide) groups is 1. The minimum Gasteiger partial charge on any atom is -0.420 e. The molecule has 0 N–H and O–H groups in total. The molecule has 1 aromatic carbocycles. The number of rotatable bonds is 5. The molecule has 1 amide bonds. The highest BCUT2D eigenvalue weighted by Gasteiger charge is 2.33. The molecular weight excluding hydrogens is 432 g/mol. The van der Waals surface area contributed by atoms with Gasteiger partial charge < -0.3 is 14.1 Å². The molecule has 0 saturated carbocycles. The van der Waals surface area contributed by atoms with Crippen molar-refractivity contribution in [3.63, 3.8) is 0 Å². The van der Waals surface area contributed by atoms with Crippen LogP contribution in [-0.4, -0.2) is 52.0 Å². The van der Waals surface area contributed by atoms with Crippen LogP contribution < -0.4 is 4.90 Å². The molecule has 0 aliphatic carbocycles. The van der Waals surface area contributed by atoms with Crippen molar-refractivity contribution in [2.24, 2.45) is 0 Å². The second-order valence-corrected chi connectivity index (χ2v) is 9.22. The van der Waals surface area contributed by atoms with Crippen molar-refractivity contribution in [1.29, 1.82) is 5.26 Å². The van der Waals surface area contributed by atoms with E-state index in [4.69, 9.17) is 21.4 Å². The van der Waals surface area contributed by atoms with Crippen molar-refractivity contribution in [2.75, 3.05) is 24.5 Å². The van der Waals surface area contributed by atoms with E-state index in [0.717, 1.165) is 12.0 Å². The highest BCUT2D eigenvalue weighted by Crippen LogP contribution is 2.34. The Kier molecular flexibility index (Phi) is 6.41. The van der Waals surface area contributed by atoms with Gasteiger partial charge in [0.05, 0.1) is 17.1 Å². The van der Waals surface area contributed by atoms with Gasteiger partial charge in [-0.25, -0.2) is 0 Å². The van der Waals surface area contributed by atoms with Gasteiger partial charge in [0.15, 0.2) is 0 Å². The van der Waals surface area contributed by atoms with E-state index in [9.17, 15) is 10.1 Å². The third kappa shape index (κ3) is 4.82. The zero-order chi connectivity index (χ0) is 22.0. The highest BCUT2D eigenvalue weighted by atomic mass is 32.2. The summed E-state index contributed by atoms with van der Waals surface area (Å²) in [6.45, 7) is 5.68. The summed E-state index contributed by atoms with van der Waals surface area (Å²) >= 11 is 6.63. The van der Waals surface area contributed by atoms with Crippen LogP contribution in [0.5, 0.6) is 0 Å². The fraction of sp³-hybridized carbons (Fsp3) is 0.364. The zero-order valence-corrected chi connectivity index (χ0v) is 18.9. The molecule has 2 aliphatic heterocycles. The number of hydrogen-bond donors (Lipinski definition) is 0. The number of carbonyl (C=O) groups excluding carboxylic acids is 1. The number of aromatic nitrogens is 1. The van der Waals surface area contributed by atoms with E-state index < -0.39 is 0 Å². The van der Waals surface area contributed by atoms with Gasteiger partial charge in [0.25, 0.3) is 5.91 Å². The molecule has 0 unspecified atom stereocenters. The Hall–Kier alpha value is -2.67. The standard InChI is InChI=1S/C22H22N4O3S2/c1-14-12-25(13-15(2)28-14)21-17(11-23)24-19(29-21)10-18-20(27)26(22(30)31-18)9-8-16-6-4-3-5-7-16/h3-7,10,14-15H,8-9,12-13H2,1-2H3/b18-10-/t14-,15+. The molecule has 0 spiro atoms. The SMILES string of the molecule is C[C@@H]1CN(c2oc(/C=C3\SC(=S)N(CCc4ccccc4)C3=O)nc2C#N)C[C@H](C)O1. The van der Waals surface area contributed by atoms with Crippen LogP contribution >= 0.6 is 24.0 Å². The first-order chi connectivity index (χ1) is 14.9. The Morgan fingerprint density at radius 2 is 2.00 bits per heavy atom. The van der Waals surface area contributed by atoms with Crippen LogP contribution in [0.3, 0.4) is 0 Å². The predicted molar refractivity (Wildman–Crippen MR) is 123 cm³/mol. The number of nitrogens with zero attached hydrogens (tertiary/aromatic N) is 4. The van der Waals surface area contributed by atoms with Crippen molar-refractivity contribution in [3.8, 4) is 6.07 Å². The lowest BCUT2D eigenvalue weighted by atomic mass is 10.1. The molecule has 0 bridgehead atoms. The summed E-state index contributed by atoms with van der Waals surface area (Å²) in [5.74, 6) is 0.468. The highest BCUT2D eigenvalue weighted by molar-refractivity contribution is 8.26. The first-order valence-electron chi connectivity index (χ1n) is 10.0. The lowest BCUT2D eigenvalue weighted by Crippen LogP contribution is -2.45. The van der Waals surface area contributed by atoms with E-state index in [0.29, 0.717) is 34.7 Å². The van der Waals surface area contributed by atoms with Crippen molar-refractivity contribution in [1.82, 2.24) is 9.88 Å². The summed E-state index contributed by atoms with van der Waals surface area (Å²) in [5, 5.41) is 9.52. The maximum absolute atomic E-state index is 12.9. The molecule has 2 fully saturated rings. The van der Waals surface area contributed by atoms with Gasteiger partial charge >= 0.3 is 0 Å². The van der Waals surface area contributed by atoms with E-state index in [1.54, 1.807) is 11.0 Å². The van der Waals surface area contributed by atoms with Crippen LogP contribution in [0, 0.1) is 11.3 Å². The van der Waals surface area contributed by atoms with Gasteiger partial charge in [-0.1, -0.05) is 54.3 Å². The maximum atomic E-state index is 12.9. The number of nitriles is 1. The van der Waals surface area contributed by atoms with Gasteiger partial charge in [-0.15, -0.1) is 0 Å². The Balaban J connectivity index is 1.51. The third-order valence-corrected chi connectivity index (χ3v) is 6.41. The average molecular weight is 455 g/mol. The number of morpholine rings is 1. The van der Waals surface area contributed by atoms with Crippen LogP contribution in [-0.2, 0) is 16.0 Å². The van der Waals surface area contributed by atoms with E-state index in [1.807, 2.05) is 49.1 Å². The van der Waals surface area contributed by atoms with Crippen LogP contribution in [0.15, 0.2) is 39.7 Å². The van der Waals surface area contributed by atoms with Crippen molar-refractivity contribution in [2.45, 2.75) is 32.5 Å². The van der Waals surface area contributed by atoms with Crippen LogP contribution in [0.4, 0.5) is 5.88 Å². The van der Waals surface area contributed by atoms with Crippen LogP contribution in [0.1, 0.15) is 31.0 Å². The average Bonchev–Trinajstić information content (AvgIpc) is 3.27. The van der Waals surface area contributed by atoms with E-state index in [-0.39, 0.29) is 29.7 Å². The van der Waals surface area contributed by atoms with Crippen LogP contribution in [0.25, 0.3) is 6.08 Å². The molecule has 9 heteroatoms. The molecule has 2 saturated heterocycles. The molecule has 1 aromatic heterocycles. The van der Waals surface area contributed by atoms with Gasteiger partial charge in [-0.05, 0) is 25.8 Å². The minimum atomic E-state index is -0.169. The number of carbonyl (C=O) groups is 1. The second kappa shape index (κ2) is 9.22. The maximum Gasteiger partial charge on any atom is 0.266 e. The zero-order valence-electron chi connectivity index (χ0n) is 17.3. The molecular formula is C22H22N4O3S2. The van der Waals surface area contributed by atoms with Gasteiger partial charge in [0, 0.05) is 25.7 Å². The Morgan fingerprint density at radius 1 is 1.29 bits per heavy atom. The topological polar surface area (TPSA) is 82.6 Å². The monoisotopic (exact) mass is 454 g/mol. The van der Waals surface area contributed by atoms with Gasteiger partial charge in [-0.2, -0.15) is 10.2 Å². The third-order valence-electron chi connectivity index (χ3n) is 5.03. The summed E-state index contributed by atoms with van der Waals surface area (Å²) in [6.07, 6.45) is 2.32. The van der Waals surface area contributed by atoms with Crippen molar-refractivity contribution >= 4 is 46.2 Å². The molecule has 2 aromatic rings. The van der Waals surface area contributed by atoms with Gasteiger partial charge in [-0.3, -0.25) is 9.69 Å². The fourth-order valence-corrected chi connectivity index (χ4v) is 4.98. The van der Waals surface area contributed by atoms with Crippen LogP contribution in [0.2, 0.25) is 0 Å². The van der Waals surface area contributed by atoms with Crippen molar-refractivity contribution in [3.05, 3.63) is 52.4 Å². The van der Waals surface area contributed by atoms with E-state index >= 15 is 0 Å². The lowest BCUT2D eigenvalue weighted by molar-refractivity contribution is -0.122. The normalized spacial score (nSPS) is 22.9. The quantitative estimate of drug-likeness (QED) is 0.501. The fourth-order valence-electron chi connectivity index (χ4n) is 3.71. The Morgan fingerprint density at radius 3 is 2.68 bits per heavy atom. The van der Waals surface area contributed by atoms with Gasteiger partial charge in [0.2, 0.25) is 17.5 Å². The van der Waals surface area contributed by atoms with Crippen molar-refractivity contribution < 1.29 is 13.9 Å². The summed E-state index contributed by atoms with van der Waals surface area (Å²) in [6, 6.07) is 12.1. The van der Waals surface area contributed by atoms with E-state index in [1.165, 1.54) is 11.8 Å². The summed E-state index contributed by atoms with van der Waals surface area (Å²) in [7, 11) is 0. The second-order valence-electron chi connectivity index (χ2n) is 7.55. The summed E-state index contributed by atoms with van der Waals surface area (Å²) in [4.78, 5) is 21.2. The first kappa shape index (κ1) is 21.6. The van der Waals surface area contributed by atoms with Gasteiger partial charge in [0.1, 0.15) is 10.4 Å². The molecule has 2 aliphatic rings. The Labute approximate surface area is 190 Å². The largest absolute Gasteiger partial charge is 0.420 e. The molecule has 160 valence electrons. The Bertz CT molecular complexity index is 1050. The number of benzene rings is 1. The number of oxazole rings is 1. The molecule has 4 rings (SSSR count). The summed E-state index contributed by atoms with van der Waals surface area (Å²) in [5.41, 5.74) is 1.35. The number of amides is 1. The van der Waals surface area contributed by atoms with E-state index in [2.05, 4.69) is 11.1 Å². The number of ether oxygens (including phenoxy) is 1. The molecule has 3 heterocycles. The predicted octanol–water partition coefficient (Wildman–Crippen LogP) is 3.60. The molecule has 0 radical (unpaired) electrons. The molecule has 31 heavy (non-hydrogen) atoms. The number of thiocarbonyl (C=S) groups is 1. The number of hydrogen-bond acceptors (Lipinski definition) is 8. The number of anilines is 1. The lowest BCUT2D eigenvalue weighted by Gasteiger charge is -2.34.